The maximum absolute atomic E-state index is 5.22. The van der Waals surface area contributed by atoms with Crippen LogP contribution in [0.1, 0.15) is 0 Å². The van der Waals surface area contributed by atoms with Crippen LogP contribution in [0.3, 0.4) is 0 Å². The van der Waals surface area contributed by atoms with E-state index in [0.29, 0.717) is 5.13 Å². The third-order valence-corrected chi connectivity index (χ3v) is 3.07. The van der Waals surface area contributed by atoms with Gasteiger partial charge in [0.1, 0.15) is 5.01 Å². The number of aromatic nitrogens is 2. The number of nitrogens with zero attached hydrogens (tertiary/aromatic N) is 2. The molecule has 4 nitrogen and oxygen atoms in total. The number of nitrogens with two attached hydrogens (primary N) is 1. The maximum Gasteiger partial charge on any atom is 0.220 e. The van der Waals surface area contributed by atoms with Crippen molar-refractivity contribution in [1.29, 1.82) is 0 Å². The zero-order valence-electron chi connectivity index (χ0n) is 7.07. The maximum atomic E-state index is 5.22. The van der Waals surface area contributed by atoms with Gasteiger partial charge in [-0.15, -0.1) is 10.2 Å². The Labute approximate surface area is 93.3 Å². The van der Waals surface area contributed by atoms with Gasteiger partial charge in [-0.2, -0.15) is 0 Å². The zero-order chi connectivity index (χ0) is 9.97. The van der Waals surface area contributed by atoms with E-state index in [0.717, 1.165) is 15.0 Å². The van der Waals surface area contributed by atoms with Crippen molar-refractivity contribution in [1.82, 2.24) is 10.2 Å². The number of hydrogen-bond acceptors (Lipinski definition) is 5. The van der Waals surface area contributed by atoms with Crippen molar-refractivity contribution in [2.75, 3.05) is 5.43 Å². The van der Waals surface area contributed by atoms with Gasteiger partial charge in [-0.25, -0.2) is 5.84 Å². The molecule has 0 amide bonds. The van der Waals surface area contributed by atoms with Crippen LogP contribution in [0.25, 0.3) is 10.6 Å². The molecule has 0 fully saturated rings. The van der Waals surface area contributed by atoms with Crippen molar-refractivity contribution in [3.63, 3.8) is 0 Å². The summed E-state index contributed by atoms with van der Waals surface area (Å²) >= 11 is 4.79. The summed E-state index contributed by atoms with van der Waals surface area (Å²) in [6, 6.07) is 7.88. The second kappa shape index (κ2) is 4.04. The Hall–Kier alpha value is -0.980. The minimum absolute atomic E-state index is 0.614. The summed E-state index contributed by atoms with van der Waals surface area (Å²) in [5.41, 5.74) is 3.50. The highest BCUT2D eigenvalue weighted by molar-refractivity contribution is 9.10. The lowest BCUT2D eigenvalue weighted by atomic mass is 10.2. The monoisotopic (exact) mass is 270 g/mol. The number of hydrogen-bond donors (Lipinski definition) is 2. The summed E-state index contributed by atoms with van der Waals surface area (Å²) in [7, 11) is 0. The largest absolute Gasteiger partial charge is 0.298 e. The summed E-state index contributed by atoms with van der Waals surface area (Å²) in [6.45, 7) is 0. The zero-order valence-corrected chi connectivity index (χ0v) is 9.47. The fourth-order valence-electron chi connectivity index (χ4n) is 0.991. The lowest BCUT2D eigenvalue weighted by Gasteiger charge is -1.94. The summed E-state index contributed by atoms with van der Waals surface area (Å²) in [6.07, 6.45) is 0. The molecule has 0 spiro atoms. The van der Waals surface area contributed by atoms with Gasteiger partial charge < -0.3 is 0 Å². The second-order valence-electron chi connectivity index (χ2n) is 2.56. The van der Waals surface area contributed by atoms with Crippen LogP contribution in [0.5, 0.6) is 0 Å². The normalized spacial score (nSPS) is 10.1. The highest BCUT2D eigenvalue weighted by atomic mass is 79.9. The Morgan fingerprint density at radius 3 is 2.50 bits per heavy atom. The molecule has 1 aromatic carbocycles. The van der Waals surface area contributed by atoms with E-state index in [1.165, 1.54) is 11.3 Å². The number of hydrazine groups is 1. The minimum Gasteiger partial charge on any atom is -0.298 e. The first-order valence-electron chi connectivity index (χ1n) is 3.85. The van der Waals surface area contributed by atoms with Gasteiger partial charge in [0.25, 0.3) is 0 Å². The van der Waals surface area contributed by atoms with E-state index >= 15 is 0 Å². The topological polar surface area (TPSA) is 63.8 Å². The van der Waals surface area contributed by atoms with Gasteiger partial charge in [0.05, 0.1) is 0 Å². The smallest absolute Gasteiger partial charge is 0.220 e. The molecule has 72 valence electrons. The molecule has 1 heterocycles. The molecular weight excluding hydrogens is 264 g/mol. The summed E-state index contributed by atoms with van der Waals surface area (Å²) in [4.78, 5) is 0. The van der Waals surface area contributed by atoms with Crippen LogP contribution in [-0.4, -0.2) is 10.2 Å². The molecule has 0 saturated carbocycles. The van der Waals surface area contributed by atoms with Gasteiger partial charge in [-0.3, -0.25) is 5.43 Å². The Morgan fingerprint density at radius 1 is 1.21 bits per heavy atom. The third-order valence-electron chi connectivity index (χ3n) is 1.64. The minimum atomic E-state index is 0.614. The SMILES string of the molecule is NNc1nnc(-c2ccc(Br)cc2)s1. The van der Waals surface area contributed by atoms with Gasteiger partial charge in [-0.1, -0.05) is 39.4 Å². The van der Waals surface area contributed by atoms with Crippen molar-refractivity contribution in [2.45, 2.75) is 0 Å². The van der Waals surface area contributed by atoms with E-state index in [1.807, 2.05) is 24.3 Å². The Balaban J connectivity index is 2.34. The van der Waals surface area contributed by atoms with E-state index < -0.39 is 0 Å². The molecule has 0 saturated heterocycles. The Bertz CT molecular complexity index is 425. The molecule has 0 aliphatic carbocycles. The molecule has 2 aromatic rings. The van der Waals surface area contributed by atoms with Crippen molar-refractivity contribution in [3.8, 4) is 10.6 Å². The van der Waals surface area contributed by atoms with Gasteiger partial charge >= 0.3 is 0 Å². The predicted molar refractivity (Wildman–Crippen MR) is 60.9 cm³/mol. The molecule has 0 aliphatic rings. The van der Waals surface area contributed by atoms with Crippen LogP contribution in [0.4, 0.5) is 5.13 Å². The molecular formula is C8H7BrN4S. The fraction of sp³-hybridized carbons (Fsp3) is 0. The van der Waals surface area contributed by atoms with Gasteiger partial charge in [-0.05, 0) is 12.1 Å². The van der Waals surface area contributed by atoms with E-state index in [-0.39, 0.29) is 0 Å². The van der Waals surface area contributed by atoms with Crippen molar-refractivity contribution >= 4 is 32.4 Å². The van der Waals surface area contributed by atoms with Gasteiger partial charge in [0.15, 0.2) is 0 Å². The van der Waals surface area contributed by atoms with Crippen LogP contribution in [0.15, 0.2) is 28.7 Å². The van der Waals surface area contributed by atoms with Crippen molar-refractivity contribution < 1.29 is 0 Å². The molecule has 0 radical (unpaired) electrons. The van der Waals surface area contributed by atoms with Gasteiger partial charge in [0.2, 0.25) is 5.13 Å². The summed E-state index contributed by atoms with van der Waals surface area (Å²) in [5.74, 6) is 5.22. The predicted octanol–water partition coefficient (Wildman–Crippen LogP) is 2.25. The third kappa shape index (κ3) is 1.92. The van der Waals surface area contributed by atoms with E-state index in [4.69, 9.17) is 5.84 Å². The number of nitrogen functional groups attached to an aromatic ring is 1. The molecule has 2 rings (SSSR count). The Kier molecular flexibility index (Phi) is 2.76. The highest BCUT2D eigenvalue weighted by Crippen LogP contribution is 2.26. The molecule has 0 bridgehead atoms. The average molecular weight is 271 g/mol. The van der Waals surface area contributed by atoms with Crippen molar-refractivity contribution in [3.05, 3.63) is 28.7 Å². The molecule has 6 heteroatoms. The molecule has 3 N–H and O–H groups in total. The van der Waals surface area contributed by atoms with Crippen LogP contribution in [-0.2, 0) is 0 Å². The molecule has 1 aromatic heterocycles. The van der Waals surface area contributed by atoms with Crippen molar-refractivity contribution in [2.24, 2.45) is 5.84 Å². The lowest BCUT2D eigenvalue weighted by Crippen LogP contribution is -2.05. The molecule has 14 heavy (non-hydrogen) atoms. The number of benzene rings is 1. The number of anilines is 1. The van der Waals surface area contributed by atoms with E-state index in [9.17, 15) is 0 Å². The van der Waals surface area contributed by atoms with Crippen LogP contribution >= 0.6 is 27.3 Å². The molecule has 0 atom stereocenters. The van der Waals surface area contributed by atoms with Crippen LogP contribution in [0, 0.1) is 0 Å². The second-order valence-corrected chi connectivity index (χ2v) is 4.46. The van der Waals surface area contributed by atoms with E-state index in [2.05, 4.69) is 31.6 Å². The number of halogens is 1. The summed E-state index contributed by atoms with van der Waals surface area (Å²) in [5, 5.41) is 9.32. The van der Waals surface area contributed by atoms with E-state index in [1.54, 1.807) is 0 Å². The highest BCUT2D eigenvalue weighted by Gasteiger charge is 2.04. The summed E-state index contributed by atoms with van der Waals surface area (Å²) < 4.78 is 1.04. The fourth-order valence-corrected chi connectivity index (χ4v) is 1.91. The molecule has 0 aliphatic heterocycles. The average Bonchev–Trinajstić information content (AvgIpc) is 2.67. The molecule has 0 unspecified atom stereocenters. The Morgan fingerprint density at radius 2 is 1.93 bits per heavy atom. The number of nitrogens with one attached hydrogen (secondary N) is 1. The standard InChI is InChI=1S/C8H7BrN4S/c9-6-3-1-5(2-4-6)7-12-13-8(11-10)14-7/h1-4H,10H2,(H,11,13). The quantitative estimate of drug-likeness (QED) is 0.649. The first kappa shape index (κ1) is 9.57. The van der Waals surface area contributed by atoms with Crippen LogP contribution < -0.4 is 11.3 Å². The first-order chi connectivity index (χ1) is 6.79. The lowest BCUT2D eigenvalue weighted by molar-refractivity contribution is 1.08. The first-order valence-corrected chi connectivity index (χ1v) is 5.46. The number of rotatable bonds is 2. The van der Waals surface area contributed by atoms with Crippen LogP contribution in [0.2, 0.25) is 0 Å². The van der Waals surface area contributed by atoms with Gasteiger partial charge in [0, 0.05) is 10.0 Å².